The number of rotatable bonds is 6. The van der Waals surface area contributed by atoms with Crippen LogP contribution in [0.4, 0.5) is 11.4 Å². The molecule has 1 amide bonds. The van der Waals surface area contributed by atoms with Crippen molar-refractivity contribution in [3.05, 3.63) is 23.8 Å². The van der Waals surface area contributed by atoms with Gasteiger partial charge in [0.2, 0.25) is 0 Å². The van der Waals surface area contributed by atoms with Crippen molar-refractivity contribution in [1.29, 1.82) is 0 Å². The van der Waals surface area contributed by atoms with Crippen molar-refractivity contribution in [1.82, 2.24) is 4.90 Å². The van der Waals surface area contributed by atoms with Crippen molar-refractivity contribution < 1.29 is 9.90 Å². The van der Waals surface area contributed by atoms with E-state index in [2.05, 4.69) is 5.32 Å². The number of nitrogens with zero attached hydrogens (tertiary/aromatic N) is 1. The monoisotopic (exact) mass is 279 g/mol. The molecule has 5 nitrogen and oxygen atoms in total. The number of hydrogen-bond acceptors (Lipinski definition) is 4. The van der Waals surface area contributed by atoms with E-state index in [4.69, 9.17) is 5.73 Å². The summed E-state index contributed by atoms with van der Waals surface area (Å²) in [4.78, 5) is 13.6. The van der Waals surface area contributed by atoms with E-state index in [1.807, 2.05) is 13.8 Å². The molecule has 0 saturated heterocycles. The second kappa shape index (κ2) is 6.61. The largest absolute Gasteiger partial charge is 0.399 e. The molecule has 20 heavy (non-hydrogen) atoms. The highest BCUT2D eigenvalue weighted by Gasteiger charge is 2.23. The lowest BCUT2D eigenvalue weighted by atomic mass is 9.97. The number of amides is 1. The molecule has 0 atom stereocenters. The topological polar surface area (TPSA) is 78.6 Å². The maximum atomic E-state index is 12.1. The normalized spacial score (nSPS) is 11.2. The van der Waals surface area contributed by atoms with Crippen molar-refractivity contribution in [2.75, 3.05) is 31.7 Å². The van der Waals surface area contributed by atoms with E-state index in [1.54, 1.807) is 32.3 Å². The Morgan fingerprint density at radius 1 is 1.35 bits per heavy atom. The molecular formula is C15H25N3O2. The number of aliphatic hydroxyl groups is 1. The first-order valence-electron chi connectivity index (χ1n) is 6.90. The van der Waals surface area contributed by atoms with E-state index in [9.17, 15) is 9.90 Å². The minimum Gasteiger partial charge on any atom is -0.399 e. The number of benzene rings is 1. The van der Waals surface area contributed by atoms with Gasteiger partial charge in [-0.05, 0) is 31.0 Å². The average molecular weight is 279 g/mol. The minimum atomic E-state index is -0.775. The average Bonchev–Trinajstić information content (AvgIpc) is 2.44. The number of nitrogen functional groups attached to an aromatic ring is 1. The summed E-state index contributed by atoms with van der Waals surface area (Å²) in [6, 6.07) is 5.13. The van der Waals surface area contributed by atoms with Crippen LogP contribution >= 0.6 is 0 Å². The van der Waals surface area contributed by atoms with Crippen LogP contribution in [-0.2, 0) is 0 Å². The highest BCUT2D eigenvalue weighted by Crippen LogP contribution is 2.23. The standard InChI is InChI=1S/C15H25N3O2/c1-5-15(20,6-2)10-17-13-9-11(16)7-8-12(13)14(19)18(3)4/h7-9,17,20H,5-6,10,16H2,1-4H3. The molecule has 0 saturated carbocycles. The lowest BCUT2D eigenvalue weighted by Crippen LogP contribution is -2.36. The molecule has 0 fully saturated rings. The van der Waals surface area contributed by atoms with Gasteiger partial charge >= 0.3 is 0 Å². The Morgan fingerprint density at radius 2 is 1.95 bits per heavy atom. The Morgan fingerprint density at radius 3 is 2.45 bits per heavy atom. The van der Waals surface area contributed by atoms with Crippen LogP contribution in [0.15, 0.2) is 18.2 Å². The first kappa shape index (κ1) is 16.3. The summed E-state index contributed by atoms with van der Waals surface area (Å²) < 4.78 is 0. The fraction of sp³-hybridized carbons (Fsp3) is 0.533. The second-order valence-electron chi connectivity index (χ2n) is 5.29. The molecule has 4 N–H and O–H groups in total. The van der Waals surface area contributed by atoms with Gasteiger partial charge < -0.3 is 21.1 Å². The highest BCUT2D eigenvalue weighted by atomic mass is 16.3. The van der Waals surface area contributed by atoms with Crippen LogP contribution in [-0.4, -0.2) is 42.2 Å². The zero-order chi connectivity index (χ0) is 15.3. The maximum Gasteiger partial charge on any atom is 0.255 e. The quantitative estimate of drug-likeness (QED) is 0.695. The molecule has 0 aromatic heterocycles. The number of nitrogens with one attached hydrogen (secondary N) is 1. The first-order chi connectivity index (χ1) is 9.33. The predicted molar refractivity (Wildman–Crippen MR) is 82.9 cm³/mol. The molecule has 5 heteroatoms. The summed E-state index contributed by atoms with van der Waals surface area (Å²) in [6.45, 7) is 4.27. The predicted octanol–water partition coefficient (Wildman–Crippen LogP) is 1.93. The summed E-state index contributed by atoms with van der Waals surface area (Å²) in [6.07, 6.45) is 1.30. The summed E-state index contributed by atoms with van der Waals surface area (Å²) in [5.74, 6) is -0.0935. The Bertz CT molecular complexity index is 468. The van der Waals surface area contributed by atoms with Gasteiger partial charge in [0.05, 0.1) is 11.2 Å². The van der Waals surface area contributed by atoms with Crippen molar-refractivity contribution in [2.45, 2.75) is 32.3 Å². The number of nitrogens with two attached hydrogens (primary N) is 1. The van der Waals surface area contributed by atoms with Crippen LogP contribution in [0.5, 0.6) is 0 Å². The summed E-state index contributed by atoms with van der Waals surface area (Å²) in [5, 5.41) is 13.5. The fourth-order valence-electron chi connectivity index (χ4n) is 1.90. The van der Waals surface area contributed by atoms with Gasteiger partial charge in [0.1, 0.15) is 0 Å². The van der Waals surface area contributed by atoms with E-state index in [0.717, 1.165) is 0 Å². The van der Waals surface area contributed by atoms with Gasteiger partial charge in [-0.15, -0.1) is 0 Å². The molecule has 0 unspecified atom stereocenters. The zero-order valence-electron chi connectivity index (χ0n) is 12.7. The molecule has 1 aromatic carbocycles. The van der Waals surface area contributed by atoms with Crippen molar-refractivity contribution in [3.63, 3.8) is 0 Å². The Kier molecular flexibility index (Phi) is 5.39. The second-order valence-corrected chi connectivity index (χ2v) is 5.29. The molecule has 112 valence electrons. The molecule has 0 aliphatic carbocycles. The van der Waals surface area contributed by atoms with Crippen LogP contribution in [0.3, 0.4) is 0 Å². The smallest absolute Gasteiger partial charge is 0.255 e. The number of carbonyl (C=O) groups excluding carboxylic acids is 1. The Balaban J connectivity index is 2.99. The SMILES string of the molecule is CCC(O)(CC)CNc1cc(N)ccc1C(=O)N(C)C. The fourth-order valence-corrected chi connectivity index (χ4v) is 1.90. The van der Waals surface area contributed by atoms with Gasteiger partial charge in [0, 0.05) is 32.0 Å². The molecule has 1 aromatic rings. The number of carbonyl (C=O) groups is 1. The van der Waals surface area contributed by atoms with Gasteiger partial charge in [0.15, 0.2) is 0 Å². The van der Waals surface area contributed by atoms with Crippen LogP contribution in [0.25, 0.3) is 0 Å². The van der Waals surface area contributed by atoms with Crippen LogP contribution < -0.4 is 11.1 Å². The molecule has 0 spiro atoms. The van der Waals surface area contributed by atoms with Crippen molar-refractivity contribution >= 4 is 17.3 Å². The molecule has 0 radical (unpaired) electrons. The first-order valence-corrected chi connectivity index (χ1v) is 6.90. The molecule has 0 aliphatic heterocycles. The maximum absolute atomic E-state index is 12.1. The third kappa shape index (κ3) is 3.87. The number of hydrogen-bond donors (Lipinski definition) is 3. The van der Waals surface area contributed by atoms with Crippen molar-refractivity contribution in [2.24, 2.45) is 0 Å². The summed E-state index contributed by atoms with van der Waals surface area (Å²) >= 11 is 0. The van der Waals surface area contributed by atoms with E-state index >= 15 is 0 Å². The van der Waals surface area contributed by atoms with E-state index in [1.165, 1.54) is 4.90 Å². The highest BCUT2D eigenvalue weighted by molar-refractivity contribution is 6.00. The summed E-state index contributed by atoms with van der Waals surface area (Å²) in [7, 11) is 3.41. The molecule has 0 aliphatic rings. The molecule has 0 bridgehead atoms. The van der Waals surface area contributed by atoms with Gasteiger partial charge in [-0.2, -0.15) is 0 Å². The minimum absolute atomic E-state index is 0.0935. The van der Waals surface area contributed by atoms with E-state index < -0.39 is 5.60 Å². The zero-order valence-corrected chi connectivity index (χ0v) is 12.7. The lowest BCUT2D eigenvalue weighted by Gasteiger charge is -2.27. The van der Waals surface area contributed by atoms with Crippen LogP contribution in [0.2, 0.25) is 0 Å². The Hall–Kier alpha value is -1.75. The molecular weight excluding hydrogens is 254 g/mol. The van der Waals surface area contributed by atoms with E-state index in [0.29, 0.717) is 36.3 Å². The van der Waals surface area contributed by atoms with Crippen LogP contribution in [0.1, 0.15) is 37.0 Å². The Labute approximate surface area is 120 Å². The molecule has 0 heterocycles. The van der Waals surface area contributed by atoms with Gasteiger partial charge in [-0.1, -0.05) is 13.8 Å². The van der Waals surface area contributed by atoms with Crippen LogP contribution in [0, 0.1) is 0 Å². The van der Waals surface area contributed by atoms with Gasteiger partial charge in [-0.3, -0.25) is 4.79 Å². The third-order valence-corrected chi connectivity index (χ3v) is 3.60. The lowest BCUT2D eigenvalue weighted by molar-refractivity contribution is 0.0456. The molecule has 1 rings (SSSR count). The third-order valence-electron chi connectivity index (χ3n) is 3.60. The van der Waals surface area contributed by atoms with Gasteiger partial charge in [-0.25, -0.2) is 0 Å². The van der Waals surface area contributed by atoms with Gasteiger partial charge in [0.25, 0.3) is 5.91 Å². The van der Waals surface area contributed by atoms with E-state index in [-0.39, 0.29) is 5.91 Å². The van der Waals surface area contributed by atoms with Crippen molar-refractivity contribution in [3.8, 4) is 0 Å². The summed E-state index contributed by atoms with van der Waals surface area (Å²) in [5.41, 5.74) is 6.80. The number of anilines is 2.